The quantitative estimate of drug-likeness (QED) is 0.735. The van der Waals surface area contributed by atoms with Crippen LogP contribution in [0.4, 0.5) is 5.82 Å². The Balaban J connectivity index is 1.79. The first kappa shape index (κ1) is 15.5. The van der Waals surface area contributed by atoms with Gasteiger partial charge >= 0.3 is 0 Å². The van der Waals surface area contributed by atoms with Crippen molar-refractivity contribution in [2.45, 2.75) is 33.2 Å². The molecule has 0 saturated heterocycles. The molecule has 1 aliphatic rings. The lowest BCUT2D eigenvalue weighted by Gasteiger charge is -2.28. The lowest BCUT2D eigenvalue weighted by molar-refractivity contribution is -0.119. The molecule has 0 aromatic carbocycles. The fourth-order valence-electron chi connectivity index (χ4n) is 3.10. The molecule has 0 fully saturated rings. The van der Waals surface area contributed by atoms with Gasteiger partial charge in [0.25, 0.3) is 0 Å². The SMILES string of the molecule is Cc1ccc(CN2C(=O)CCc3c(C)nc(-c4ccncc4)nc32)o1. The van der Waals surface area contributed by atoms with Gasteiger partial charge in [-0.1, -0.05) is 0 Å². The minimum absolute atomic E-state index is 0.0559. The Morgan fingerprint density at radius 1 is 1.08 bits per heavy atom. The molecule has 0 radical (unpaired) electrons. The molecular weight excluding hydrogens is 316 g/mol. The van der Waals surface area contributed by atoms with Gasteiger partial charge in [-0.3, -0.25) is 14.7 Å². The second-order valence-corrected chi connectivity index (χ2v) is 6.16. The number of rotatable bonds is 3. The molecule has 0 N–H and O–H groups in total. The number of furan rings is 1. The first-order valence-corrected chi connectivity index (χ1v) is 8.25. The summed E-state index contributed by atoms with van der Waals surface area (Å²) in [4.78, 5) is 27.6. The Bertz CT molecular complexity index is 934. The smallest absolute Gasteiger partial charge is 0.228 e. The molecule has 25 heavy (non-hydrogen) atoms. The van der Waals surface area contributed by atoms with Gasteiger partial charge < -0.3 is 4.42 Å². The molecule has 0 spiro atoms. The van der Waals surface area contributed by atoms with Gasteiger partial charge in [-0.2, -0.15) is 0 Å². The van der Waals surface area contributed by atoms with E-state index in [-0.39, 0.29) is 5.91 Å². The summed E-state index contributed by atoms with van der Waals surface area (Å²) in [6.45, 7) is 4.24. The van der Waals surface area contributed by atoms with Crippen molar-refractivity contribution in [3.8, 4) is 11.4 Å². The van der Waals surface area contributed by atoms with Gasteiger partial charge in [-0.15, -0.1) is 0 Å². The van der Waals surface area contributed by atoms with E-state index in [1.165, 1.54) is 0 Å². The van der Waals surface area contributed by atoms with E-state index >= 15 is 0 Å². The van der Waals surface area contributed by atoms with Crippen LogP contribution in [0.5, 0.6) is 0 Å². The van der Waals surface area contributed by atoms with Crippen molar-refractivity contribution < 1.29 is 9.21 Å². The molecular formula is C19H18N4O2. The number of amides is 1. The minimum Gasteiger partial charge on any atom is -0.464 e. The number of fused-ring (bicyclic) bond motifs is 1. The van der Waals surface area contributed by atoms with Crippen molar-refractivity contribution in [2.24, 2.45) is 0 Å². The zero-order valence-electron chi connectivity index (χ0n) is 14.2. The van der Waals surface area contributed by atoms with Crippen molar-refractivity contribution in [1.29, 1.82) is 0 Å². The fourth-order valence-corrected chi connectivity index (χ4v) is 3.10. The molecule has 3 aromatic heterocycles. The summed E-state index contributed by atoms with van der Waals surface area (Å²) in [7, 11) is 0. The highest BCUT2D eigenvalue weighted by molar-refractivity contribution is 5.95. The highest BCUT2D eigenvalue weighted by Crippen LogP contribution is 2.31. The summed E-state index contributed by atoms with van der Waals surface area (Å²) < 4.78 is 5.65. The lowest BCUT2D eigenvalue weighted by atomic mass is 10.0. The molecule has 0 unspecified atom stereocenters. The normalized spacial score (nSPS) is 13.8. The Labute approximate surface area is 145 Å². The summed E-state index contributed by atoms with van der Waals surface area (Å²) in [5, 5.41) is 0. The molecule has 0 aliphatic carbocycles. The molecule has 4 heterocycles. The predicted molar refractivity (Wildman–Crippen MR) is 93.0 cm³/mol. The highest BCUT2D eigenvalue weighted by Gasteiger charge is 2.29. The molecule has 4 rings (SSSR count). The molecule has 1 aliphatic heterocycles. The topological polar surface area (TPSA) is 72.1 Å². The van der Waals surface area contributed by atoms with E-state index in [2.05, 4.69) is 9.97 Å². The van der Waals surface area contributed by atoms with Gasteiger partial charge in [0, 0.05) is 35.6 Å². The van der Waals surface area contributed by atoms with E-state index in [4.69, 9.17) is 9.40 Å². The zero-order chi connectivity index (χ0) is 17.4. The van der Waals surface area contributed by atoms with E-state index in [1.807, 2.05) is 38.1 Å². The molecule has 126 valence electrons. The number of aromatic nitrogens is 3. The maximum atomic E-state index is 12.5. The Hall–Kier alpha value is -3.02. The molecule has 6 nitrogen and oxygen atoms in total. The van der Waals surface area contributed by atoms with Gasteiger partial charge in [0.2, 0.25) is 5.91 Å². The first-order chi connectivity index (χ1) is 12.1. The maximum Gasteiger partial charge on any atom is 0.228 e. The summed E-state index contributed by atoms with van der Waals surface area (Å²) in [6.07, 6.45) is 4.56. The largest absolute Gasteiger partial charge is 0.464 e. The van der Waals surface area contributed by atoms with Crippen molar-refractivity contribution in [2.75, 3.05) is 4.90 Å². The molecule has 3 aromatic rings. The van der Waals surface area contributed by atoms with Crippen LogP contribution < -0.4 is 4.90 Å². The fraction of sp³-hybridized carbons (Fsp3) is 0.263. The average Bonchev–Trinajstić information content (AvgIpc) is 3.03. The van der Waals surface area contributed by atoms with Crippen LogP contribution in [-0.2, 0) is 17.8 Å². The Morgan fingerprint density at radius 2 is 1.88 bits per heavy atom. The number of aryl methyl sites for hydroxylation is 2. The summed E-state index contributed by atoms with van der Waals surface area (Å²) in [6, 6.07) is 7.53. The lowest BCUT2D eigenvalue weighted by Crippen LogP contribution is -2.36. The Kier molecular flexibility index (Phi) is 3.80. The second kappa shape index (κ2) is 6.12. The van der Waals surface area contributed by atoms with Crippen molar-refractivity contribution in [3.05, 3.63) is 59.4 Å². The van der Waals surface area contributed by atoms with Gasteiger partial charge in [0.15, 0.2) is 5.82 Å². The van der Waals surface area contributed by atoms with Crippen molar-refractivity contribution in [3.63, 3.8) is 0 Å². The van der Waals surface area contributed by atoms with Crippen LogP contribution in [0.2, 0.25) is 0 Å². The number of carbonyl (C=O) groups excluding carboxylic acids is 1. The number of carbonyl (C=O) groups is 1. The van der Waals surface area contributed by atoms with Crippen LogP contribution in [0, 0.1) is 13.8 Å². The van der Waals surface area contributed by atoms with E-state index in [0.717, 1.165) is 28.3 Å². The third-order valence-corrected chi connectivity index (χ3v) is 4.39. The van der Waals surface area contributed by atoms with Crippen LogP contribution in [-0.4, -0.2) is 20.9 Å². The highest BCUT2D eigenvalue weighted by atomic mass is 16.3. The molecule has 0 atom stereocenters. The monoisotopic (exact) mass is 334 g/mol. The van der Waals surface area contributed by atoms with E-state index in [1.54, 1.807) is 17.3 Å². The number of anilines is 1. The van der Waals surface area contributed by atoms with Gasteiger partial charge in [-0.25, -0.2) is 9.97 Å². The molecule has 6 heteroatoms. The second-order valence-electron chi connectivity index (χ2n) is 6.16. The number of hydrogen-bond acceptors (Lipinski definition) is 5. The van der Waals surface area contributed by atoms with Crippen LogP contribution in [0.1, 0.15) is 29.2 Å². The van der Waals surface area contributed by atoms with Gasteiger partial charge in [0.1, 0.15) is 17.3 Å². The number of nitrogens with zero attached hydrogens (tertiary/aromatic N) is 4. The van der Waals surface area contributed by atoms with Crippen LogP contribution in [0.15, 0.2) is 41.1 Å². The van der Waals surface area contributed by atoms with Crippen molar-refractivity contribution in [1.82, 2.24) is 15.0 Å². The Morgan fingerprint density at radius 3 is 2.60 bits per heavy atom. The number of pyridine rings is 1. The molecule has 0 saturated carbocycles. The molecule has 0 bridgehead atoms. The third-order valence-electron chi connectivity index (χ3n) is 4.39. The predicted octanol–water partition coefficient (Wildman–Crippen LogP) is 3.23. The third kappa shape index (κ3) is 2.91. The van der Waals surface area contributed by atoms with Crippen molar-refractivity contribution >= 4 is 11.7 Å². The molecule has 1 amide bonds. The summed E-state index contributed by atoms with van der Waals surface area (Å²) >= 11 is 0. The van der Waals surface area contributed by atoms with Gasteiger partial charge in [0.05, 0.1) is 6.54 Å². The van der Waals surface area contributed by atoms with E-state index in [9.17, 15) is 4.79 Å². The zero-order valence-corrected chi connectivity index (χ0v) is 14.2. The maximum absolute atomic E-state index is 12.5. The standard InChI is InChI=1S/C19H18N4O2/c1-12-3-4-15(25-12)11-23-17(24)6-5-16-13(2)21-18(22-19(16)23)14-7-9-20-10-8-14/h3-4,7-10H,5-6,11H2,1-2H3. The first-order valence-electron chi connectivity index (χ1n) is 8.25. The van der Waals surface area contributed by atoms with E-state index in [0.29, 0.717) is 31.0 Å². The van der Waals surface area contributed by atoms with Crippen LogP contribution in [0.3, 0.4) is 0 Å². The van der Waals surface area contributed by atoms with Crippen LogP contribution in [0.25, 0.3) is 11.4 Å². The summed E-state index contributed by atoms with van der Waals surface area (Å²) in [5.41, 5.74) is 2.82. The minimum atomic E-state index is 0.0559. The van der Waals surface area contributed by atoms with Gasteiger partial charge in [-0.05, 0) is 44.5 Å². The number of hydrogen-bond donors (Lipinski definition) is 0. The average molecular weight is 334 g/mol. The van der Waals surface area contributed by atoms with Crippen LogP contribution >= 0.6 is 0 Å². The van der Waals surface area contributed by atoms with E-state index < -0.39 is 0 Å². The summed E-state index contributed by atoms with van der Waals surface area (Å²) in [5.74, 6) is 2.93.